The van der Waals surface area contributed by atoms with Crippen LogP contribution >= 0.6 is 0 Å². The lowest BCUT2D eigenvalue weighted by Gasteiger charge is -2.10. The van der Waals surface area contributed by atoms with Crippen LogP contribution in [0.5, 0.6) is 0 Å². The van der Waals surface area contributed by atoms with E-state index in [2.05, 4.69) is 20.8 Å². The molecule has 0 spiro atoms. The number of aromatic nitrogens is 2. The first-order chi connectivity index (χ1) is 9.10. The van der Waals surface area contributed by atoms with Crippen LogP contribution in [0, 0.1) is 13.8 Å². The second-order valence-electron chi connectivity index (χ2n) is 4.18. The number of benzene rings is 1. The van der Waals surface area contributed by atoms with Gasteiger partial charge in [0, 0.05) is 12.2 Å². The highest BCUT2D eigenvalue weighted by Gasteiger charge is 2.14. The lowest BCUT2D eigenvalue weighted by molar-refractivity contribution is 0.102. The highest BCUT2D eigenvalue weighted by Crippen LogP contribution is 2.18. The summed E-state index contributed by atoms with van der Waals surface area (Å²) in [6, 6.07) is 5.75. The summed E-state index contributed by atoms with van der Waals surface area (Å²) in [5.41, 5.74) is 2.34. The Morgan fingerprint density at radius 2 is 2.16 bits per heavy atom. The summed E-state index contributed by atoms with van der Waals surface area (Å²) in [6.07, 6.45) is 0. The first kappa shape index (κ1) is 13.1. The summed E-state index contributed by atoms with van der Waals surface area (Å²) in [5.74, 6) is 0.203. The highest BCUT2D eigenvalue weighted by atomic mass is 16.5. The summed E-state index contributed by atoms with van der Waals surface area (Å²) < 4.78 is 4.87. The molecule has 0 aliphatic heterocycles. The van der Waals surface area contributed by atoms with Crippen molar-refractivity contribution in [3.63, 3.8) is 0 Å². The van der Waals surface area contributed by atoms with E-state index in [-0.39, 0.29) is 11.9 Å². The minimum Gasteiger partial charge on any atom is -0.385 e. The molecule has 1 heterocycles. The molecule has 1 aromatic heterocycles. The average molecular weight is 260 g/mol. The summed E-state index contributed by atoms with van der Waals surface area (Å²) in [4.78, 5) is 16.1. The molecule has 6 nitrogen and oxygen atoms in total. The molecule has 6 heteroatoms. The third-order valence-corrected chi connectivity index (χ3v) is 2.53. The van der Waals surface area contributed by atoms with E-state index in [1.54, 1.807) is 6.92 Å². The molecule has 0 aliphatic rings. The van der Waals surface area contributed by atoms with Gasteiger partial charge in [0.25, 0.3) is 5.91 Å². The van der Waals surface area contributed by atoms with Crippen molar-refractivity contribution in [1.82, 2.24) is 10.1 Å². The maximum Gasteiger partial charge on any atom is 0.328 e. The Balaban J connectivity index is 2.24. The Kier molecular flexibility index (Phi) is 3.79. The molecule has 0 bridgehead atoms. The van der Waals surface area contributed by atoms with Crippen molar-refractivity contribution >= 4 is 17.6 Å². The Morgan fingerprint density at radius 3 is 2.79 bits per heavy atom. The molecule has 2 rings (SSSR count). The largest absolute Gasteiger partial charge is 0.385 e. The number of carbonyl (C=O) groups is 1. The molecule has 0 fully saturated rings. The summed E-state index contributed by atoms with van der Waals surface area (Å²) in [7, 11) is 0. The third kappa shape index (κ3) is 3.09. The van der Waals surface area contributed by atoms with E-state index in [4.69, 9.17) is 4.52 Å². The van der Waals surface area contributed by atoms with Crippen LogP contribution < -0.4 is 10.6 Å². The number of anilines is 2. The first-order valence-corrected chi connectivity index (χ1v) is 6.06. The number of carbonyl (C=O) groups excluding carboxylic acids is 1. The molecule has 2 aromatic rings. The van der Waals surface area contributed by atoms with Gasteiger partial charge in [0.05, 0.1) is 5.56 Å². The van der Waals surface area contributed by atoms with Crippen molar-refractivity contribution in [2.75, 3.05) is 17.2 Å². The molecular weight excluding hydrogens is 244 g/mol. The van der Waals surface area contributed by atoms with Crippen LogP contribution in [0.4, 0.5) is 11.7 Å². The lowest BCUT2D eigenvalue weighted by Crippen LogP contribution is -2.15. The van der Waals surface area contributed by atoms with Gasteiger partial charge in [0.15, 0.2) is 5.82 Å². The molecule has 1 aromatic carbocycles. The van der Waals surface area contributed by atoms with Gasteiger partial charge in [-0.05, 0) is 32.9 Å². The zero-order chi connectivity index (χ0) is 13.8. The van der Waals surface area contributed by atoms with Gasteiger partial charge >= 0.3 is 6.01 Å². The van der Waals surface area contributed by atoms with Crippen molar-refractivity contribution in [3.8, 4) is 0 Å². The van der Waals surface area contributed by atoms with Crippen LogP contribution in [0.15, 0.2) is 22.7 Å². The first-order valence-electron chi connectivity index (χ1n) is 6.06. The van der Waals surface area contributed by atoms with Gasteiger partial charge in [-0.25, -0.2) is 0 Å². The predicted molar refractivity (Wildman–Crippen MR) is 72.3 cm³/mol. The molecule has 0 atom stereocenters. The van der Waals surface area contributed by atoms with Crippen molar-refractivity contribution in [3.05, 3.63) is 35.2 Å². The quantitative estimate of drug-likeness (QED) is 0.882. The van der Waals surface area contributed by atoms with E-state index in [0.717, 1.165) is 17.8 Å². The van der Waals surface area contributed by atoms with Gasteiger partial charge in [-0.3, -0.25) is 10.1 Å². The van der Waals surface area contributed by atoms with E-state index in [9.17, 15) is 4.79 Å². The topological polar surface area (TPSA) is 80.0 Å². The number of hydrogen-bond donors (Lipinski definition) is 2. The molecule has 100 valence electrons. The molecule has 2 N–H and O–H groups in total. The molecule has 1 amide bonds. The Morgan fingerprint density at radius 1 is 1.37 bits per heavy atom. The fourth-order valence-electron chi connectivity index (χ4n) is 1.70. The van der Waals surface area contributed by atoms with E-state index >= 15 is 0 Å². The molecule has 0 saturated carbocycles. The molecular formula is C13H16N4O2. The maximum atomic E-state index is 12.2. The number of amides is 1. The Labute approximate surface area is 111 Å². The number of rotatable bonds is 4. The number of aryl methyl sites for hydroxylation is 2. The van der Waals surface area contributed by atoms with Crippen LogP contribution in [-0.4, -0.2) is 22.6 Å². The van der Waals surface area contributed by atoms with Gasteiger partial charge in [-0.2, -0.15) is 4.98 Å². The monoisotopic (exact) mass is 260 g/mol. The normalized spacial score (nSPS) is 10.3. The van der Waals surface area contributed by atoms with E-state index in [1.807, 2.05) is 32.0 Å². The minimum absolute atomic E-state index is 0.103. The fraction of sp³-hybridized carbons (Fsp3) is 0.308. The zero-order valence-corrected chi connectivity index (χ0v) is 11.2. The Bertz CT molecular complexity index is 592. The Hall–Kier alpha value is -2.37. The average Bonchev–Trinajstić information content (AvgIpc) is 2.77. The van der Waals surface area contributed by atoms with Crippen LogP contribution in [0.2, 0.25) is 0 Å². The number of nitrogens with one attached hydrogen (secondary N) is 2. The molecule has 0 unspecified atom stereocenters. The van der Waals surface area contributed by atoms with E-state index in [1.165, 1.54) is 0 Å². The van der Waals surface area contributed by atoms with Gasteiger partial charge in [0.1, 0.15) is 0 Å². The zero-order valence-electron chi connectivity index (χ0n) is 11.2. The second-order valence-corrected chi connectivity index (χ2v) is 4.18. The fourth-order valence-corrected chi connectivity index (χ4v) is 1.70. The summed E-state index contributed by atoms with van der Waals surface area (Å²) in [6.45, 7) is 6.34. The molecule has 19 heavy (non-hydrogen) atoms. The van der Waals surface area contributed by atoms with Gasteiger partial charge in [0.2, 0.25) is 0 Å². The van der Waals surface area contributed by atoms with E-state index in [0.29, 0.717) is 11.4 Å². The standard InChI is InChI=1S/C13H16N4O2/c1-4-14-11-6-5-8(2)7-10(11)12(18)16-13-15-9(3)17-19-13/h5-7,14H,4H2,1-3H3,(H,15,16,17,18). The smallest absolute Gasteiger partial charge is 0.328 e. The second kappa shape index (κ2) is 5.51. The SMILES string of the molecule is CCNc1ccc(C)cc1C(=O)Nc1nc(C)no1. The summed E-state index contributed by atoms with van der Waals surface area (Å²) in [5, 5.41) is 9.36. The predicted octanol–water partition coefficient (Wildman–Crippen LogP) is 2.37. The summed E-state index contributed by atoms with van der Waals surface area (Å²) >= 11 is 0. The third-order valence-electron chi connectivity index (χ3n) is 2.53. The van der Waals surface area contributed by atoms with Gasteiger partial charge in [-0.1, -0.05) is 16.8 Å². The van der Waals surface area contributed by atoms with Crippen LogP contribution in [0.1, 0.15) is 28.7 Å². The van der Waals surface area contributed by atoms with Crippen LogP contribution in [0.25, 0.3) is 0 Å². The van der Waals surface area contributed by atoms with Crippen molar-refractivity contribution in [2.45, 2.75) is 20.8 Å². The molecule has 0 saturated heterocycles. The minimum atomic E-state index is -0.275. The lowest BCUT2D eigenvalue weighted by atomic mass is 10.1. The highest BCUT2D eigenvalue weighted by molar-refractivity contribution is 6.07. The number of nitrogens with zero attached hydrogens (tertiary/aromatic N) is 2. The van der Waals surface area contributed by atoms with Crippen molar-refractivity contribution < 1.29 is 9.32 Å². The maximum absolute atomic E-state index is 12.2. The molecule has 0 radical (unpaired) electrons. The molecule has 0 aliphatic carbocycles. The van der Waals surface area contributed by atoms with Gasteiger partial charge < -0.3 is 9.84 Å². The van der Waals surface area contributed by atoms with Crippen LogP contribution in [0.3, 0.4) is 0 Å². The van der Waals surface area contributed by atoms with Crippen LogP contribution in [-0.2, 0) is 0 Å². The van der Waals surface area contributed by atoms with Gasteiger partial charge in [-0.15, -0.1) is 0 Å². The van der Waals surface area contributed by atoms with E-state index < -0.39 is 0 Å². The van der Waals surface area contributed by atoms with Crippen molar-refractivity contribution in [2.24, 2.45) is 0 Å². The number of hydrogen-bond acceptors (Lipinski definition) is 5. The van der Waals surface area contributed by atoms with Crippen molar-refractivity contribution in [1.29, 1.82) is 0 Å².